The van der Waals surface area contributed by atoms with Crippen molar-refractivity contribution in [3.63, 3.8) is 0 Å². The van der Waals surface area contributed by atoms with Crippen molar-refractivity contribution in [1.29, 1.82) is 0 Å². The van der Waals surface area contributed by atoms with Crippen molar-refractivity contribution in [2.24, 2.45) is 0 Å². The molecule has 0 saturated carbocycles. The van der Waals surface area contributed by atoms with Gasteiger partial charge in [0.25, 0.3) is 0 Å². The zero-order valence-electron chi connectivity index (χ0n) is 22.3. The van der Waals surface area contributed by atoms with Gasteiger partial charge >= 0.3 is 12.1 Å². The second kappa shape index (κ2) is 16.2. The standard InChI is InChI=1S/C30H33F2NO7/c1-2-38-28(29(34)35)20-22-6-12-26(13-7-22)39-19-17-33(30(36)40-27-14-10-25(32)11-15-27)16-3-18-37-21-23-4-8-24(31)9-5-23/h4-15,28H,2-3,16-21H2,1H3,(H,34,35). The van der Waals surface area contributed by atoms with Crippen molar-refractivity contribution in [2.75, 3.05) is 32.9 Å². The molecule has 0 aliphatic rings. The van der Waals surface area contributed by atoms with Gasteiger partial charge in [0.1, 0.15) is 29.7 Å². The molecule has 0 aliphatic heterocycles. The van der Waals surface area contributed by atoms with Crippen molar-refractivity contribution >= 4 is 12.1 Å². The minimum Gasteiger partial charge on any atom is -0.492 e. The minimum atomic E-state index is -1.02. The topological polar surface area (TPSA) is 94.5 Å². The molecule has 0 fully saturated rings. The summed E-state index contributed by atoms with van der Waals surface area (Å²) in [6, 6.07) is 18.2. The third kappa shape index (κ3) is 10.6. The molecular formula is C30H33F2NO7. The first kappa shape index (κ1) is 30.5. The molecule has 1 amide bonds. The summed E-state index contributed by atoms with van der Waals surface area (Å²) in [5.41, 5.74) is 1.63. The van der Waals surface area contributed by atoms with Crippen molar-refractivity contribution in [3.8, 4) is 11.5 Å². The lowest BCUT2D eigenvalue weighted by molar-refractivity contribution is -0.149. The first-order valence-electron chi connectivity index (χ1n) is 12.9. The maximum atomic E-state index is 13.2. The minimum absolute atomic E-state index is 0.172. The maximum Gasteiger partial charge on any atom is 0.415 e. The highest BCUT2D eigenvalue weighted by Crippen LogP contribution is 2.16. The fourth-order valence-electron chi connectivity index (χ4n) is 3.72. The molecule has 10 heteroatoms. The van der Waals surface area contributed by atoms with Crippen molar-refractivity contribution in [1.82, 2.24) is 4.90 Å². The van der Waals surface area contributed by atoms with E-state index < -0.39 is 24.0 Å². The van der Waals surface area contributed by atoms with Crippen LogP contribution in [0.15, 0.2) is 72.8 Å². The summed E-state index contributed by atoms with van der Waals surface area (Å²) in [4.78, 5) is 25.6. The van der Waals surface area contributed by atoms with Gasteiger partial charge in [0.2, 0.25) is 0 Å². The number of carboxylic acids is 1. The molecule has 40 heavy (non-hydrogen) atoms. The molecule has 0 saturated heterocycles. The van der Waals surface area contributed by atoms with Crippen LogP contribution in [0.2, 0.25) is 0 Å². The molecule has 3 aromatic rings. The lowest BCUT2D eigenvalue weighted by atomic mass is 10.1. The number of amides is 1. The van der Waals surface area contributed by atoms with E-state index in [-0.39, 0.29) is 31.1 Å². The summed E-state index contributed by atoms with van der Waals surface area (Å²) in [5.74, 6) is -0.999. The molecule has 1 atom stereocenters. The first-order chi connectivity index (χ1) is 19.3. The summed E-state index contributed by atoms with van der Waals surface area (Å²) in [5, 5.41) is 9.26. The molecule has 8 nitrogen and oxygen atoms in total. The number of aliphatic carboxylic acids is 1. The van der Waals surface area contributed by atoms with E-state index >= 15 is 0 Å². The quantitative estimate of drug-likeness (QED) is 0.233. The van der Waals surface area contributed by atoms with Gasteiger partial charge in [0.15, 0.2) is 6.10 Å². The number of carboxylic acid groups (broad SMARTS) is 1. The normalized spacial score (nSPS) is 11.6. The second-order valence-corrected chi connectivity index (χ2v) is 8.82. The molecular weight excluding hydrogens is 524 g/mol. The Labute approximate surface area is 232 Å². The van der Waals surface area contributed by atoms with Gasteiger partial charge in [0, 0.05) is 26.2 Å². The number of benzene rings is 3. The number of carbonyl (C=O) groups excluding carboxylic acids is 1. The molecule has 1 unspecified atom stereocenters. The lowest BCUT2D eigenvalue weighted by Crippen LogP contribution is -2.38. The van der Waals surface area contributed by atoms with Crippen LogP contribution in [0.25, 0.3) is 0 Å². The van der Waals surface area contributed by atoms with Crippen LogP contribution in [0.3, 0.4) is 0 Å². The molecule has 214 valence electrons. The van der Waals surface area contributed by atoms with Gasteiger partial charge in [-0.15, -0.1) is 0 Å². The Hall–Kier alpha value is -4.02. The number of hydrogen-bond donors (Lipinski definition) is 1. The Kier molecular flexibility index (Phi) is 12.3. The molecule has 1 N–H and O–H groups in total. The lowest BCUT2D eigenvalue weighted by Gasteiger charge is -2.22. The zero-order valence-corrected chi connectivity index (χ0v) is 22.3. The van der Waals surface area contributed by atoms with Gasteiger partial charge in [-0.3, -0.25) is 0 Å². The Morgan fingerprint density at radius 1 is 0.825 bits per heavy atom. The van der Waals surface area contributed by atoms with Crippen LogP contribution in [0.1, 0.15) is 24.5 Å². The van der Waals surface area contributed by atoms with E-state index in [9.17, 15) is 23.5 Å². The van der Waals surface area contributed by atoms with Crippen LogP contribution >= 0.6 is 0 Å². The molecule has 0 aliphatic carbocycles. The molecule has 0 heterocycles. The van der Waals surface area contributed by atoms with E-state index in [0.717, 1.165) is 11.1 Å². The van der Waals surface area contributed by atoms with E-state index in [0.29, 0.717) is 38.5 Å². The maximum absolute atomic E-state index is 13.2. The van der Waals surface area contributed by atoms with Gasteiger partial charge in [0.05, 0.1) is 13.2 Å². The van der Waals surface area contributed by atoms with Crippen LogP contribution in [0.4, 0.5) is 13.6 Å². The molecule has 0 bridgehead atoms. The second-order valence-electron chi connectivity index (χ2n) is 8.82. The molecule has 0 spiro atoms. The van der Waals surface area contributed by atoms with E-state index in [1.165, 1.54) is 41.3 Å². The third-order valence-electron chi connectivity index (χ3n) is 5.79. The van der Waals surface area contributed by atoms with Gasteiger partial charge in [-0.2, -0.15) is 0 Å². The third-order valence-corrected chi connectivity index (χ3v) is 5.79. The summed E-state index contributed by atoms with van der Waals surface area (Å²) < 4.78 is 48.4. The zero-order chi connectivity index (χ0) is 28.7. The number of hydrogen-bond acceptors (Lipinski definition) is 6. The van der Waals surface area contributed by atoms with E-state index in [4.69, 9.17) is 18.9 Å². The van der Waals surface area contributed by atoms with Gasteiger partial charge < -0.3 is 29.0 Å². The number of nitrogens with zero attached hydrogens (tertiary/aromatic N) is 1. The Morgan fingerprint density at radius 2 is 1.43 bits per heavy atom. The van der Waals surface area contributed by atoms with E-state index in [1.807, 2.05) is 0 Å². The monoisotopic (exact) mass is 557 g/mol. The number of halogens is 2. The van der Waals surface area contributed by atoms with E-state index in [1.54, 1.807) is 43.3 Å². The van der Waals surface area contributed by atoms with Crippen molar-refractivity contribution in [2.45, 2.75) is 32.5 Å². The molecule has 0 aromatic heterocycles. The van der Waals surface area contributed by atoms with Gasteiger partial charge in [-0.1, -0.05) is 24.3 Å². The average molecular weight is 558 g/mol. The molecule has 3 rings (SSSR count). The Morgan fingerprint density at radius 3 is 2.05 bits per heavy atom. The van der Waals surface area contributed by atoms with Crippen LogP contribution in [0, 0.1) is 11.6 Å². The van der Waals surface area contributed by atoms with Crippen LogP contribution in [0.5, 0.6) is 11.5 Å². The van der Waals surface area contributed by atoms with Crippen molar-refractivity contribution < 1.29 is 42.4 Å². The van der Waals surface area contributed by atoms with Gasteiger partial charge in [-0.05, 0) is 73.0 Å². The number of rotatable bonds is 16. The SMILES string of the molecule is CCOC(Cc1ccc(OCCN(CCCOCc2ccc(F)cc2)C(=O)Oc2ccc(F)cc2)cc1)C(=O)O. The highest BCUT2D eigenvalue weighted by atomic mass is 19.1. The summed E-state index contributed by atoms with van der Waals surface area (Å²) in [6.07, 6.45) is -0.786. The van der Waals surface area contributed by atoms with Crippen molar-refractivity contribution in [3.05, 3.63) is 95.6 Å². The van der Waals surface area contributed by atoms with Crippen LogP contribution in [-0.2, 0) is 27.3 Å². The molecule has 0 radical (unpaired) electrons. The smallest absolute Gasteiger partial charge is 0.415 e. The highest BCUT2D eigenvalue weighted by Gasteiger charge is 2.18. The predicted octanol–water partition coefficient (Wildman–Crippen LogP) is 5.48. The molecule has 3 aromatic carbocycles. The fourth-order valence-corrected chi connectivity index (χ4v) is 3.72. The van der Waals surface area contributed by atoms with Crippen LogP contribution < -0.4 is 9.47 Å². The Bertz CT molecular complexity index is 1190. The summed E-state index contributed by atoms with van der Waals surface area (Å²) in [7, 11) is 0. The Balaban J connectivity index is 1.51. The summed E-state index contributed by atoms with van der Waals surface area (Å²) in [6.45, 7) is 3.43. The fraction of sp³-hybridized carbons (Fsp3) is 0.333. The number of ether oxygens (including phenoxy) is 4. The van der Waals surface area contributed by atoms with Crippen LogP contribution in [-0.4, -0.2) is 61.1 Å². The predicted molar refractivity (Wildman–Crippen MR) is 143 cm³/mol. The van der Waals surface area contributed by atoms with E-state index in [2.05, 4.69) is 0 Å². The van der Waals surface area contributed by atoms with Gasteiger partial charge in [-0.25, -0.2) is 18.4 Å². The number of carbonyl (C=O) groups is 2. The largest absolute Gasteiger partial charge is 0.492 e. The first-order valence-corrected chi connectivity index (χ1v) is 12.9. The average Bonchev–Trinajstić information content (AvgIpc) is 2.94. The summed E-state index contributed by atoms with van der Waals surface area (Å²) >= 11 is 0. The highest BCUT2D eigenvalue weighted by molar-refractivity contribution is 5.72.